The van der Waals surface area contributed by atoms with Gasteiger partial charge in [-0.25, -0.2) is 0 Å². The molecule has 3 heterocycles. The molecule has 2 fully saturated rings. The molecule has 0 bridgehead atoms. The monoisotopic (exact) mass is 498 g/mol. The highest BCUT2D eigenvalue weighted by Crippen LogP contribution is 2.42. The Kier molecular flexibility index (Phi) is 6.92. The predicted molar refractivity (Wildman–Crippen MR) is 143 cm³/mol. The number of rotatable bonds is 6. The highest BCUT2D eigenvalue weighted by molar-refractivity contribution is 6.51. The van der Waals surface area contributed by atoms with Crippen LogP contribution in [0, 0.1) is 0 Å². The minimum absolute atomic E-state index is 0.0230. The molecule has 1 N–H and O–H groups in total. The van der Waals surface area contributed by atoms with E-state index in [1.165, 1.54) is 4.90 Å². The third-order valence-electron chi connectivity index (χ3n) is 6.86. The number of aromatic nitrogens is 1. The van der Waals surface area contributed by atoms with Gasteiger partial charge in [0.05, 0.1) is 18.2 Å². The fraction of sp³-hybridized carbons (Fsp3) is 0.276. The smallest absolute Gasteiger partial charge is 0.300 e. The van der Waals surface area contributed by atoms with E-state index in [4.69, 9.17) is 4.74 Å². The van der Waals surface area contributed by atoms with Gasteiger partial charge in [0.2, 0.25) is 0 Å². The van der Waals surface area contributed by atoms with Gasteiger partial charge in [-0.05, 0) is 62.0 Å². The Bertz CT molecular complexity index is 1320. The molecule has 2 aromatic carbocycles. The number of carbonyl (C=O) groups is 2. The number of hydrogen-bond donors (Lipinski definition) is 1. The van der Waals surface area contributed by atoms with Crippen molar-refractivity contribution in [2.24, 2.45) is 0 Å². The molecule has 8 heteroatoms. The van der Waals surface area contributed by atoms with E-state index in [-0.39, 0.29) is 11.3 Å². The minimum atomic E-state index is -0.820. The Hall–Kier alpha value is -4.17. The van der Waals surface area contributed by atoms with E-state index in [1.54, 1.807) is 48.8 Å². The zero-order valence-corrected chi connectivity index (χ0v) is 21.0. The molecular weight excluding hydrogens is 468 g/mol. The molecule has 2 aliphatic heterocycles. The largest absolute Gasteiger partial charge is 0.507 e. The normalized spacial score (nSPS) is 19.9. The number of anilines is 2. The molecule has 37 heavy (non-hydrogen) atoms. The quantitative estimate of drug-likeness (QED) is 0.314. The molecule has 5 rings (SSSR count). The van der Waals surface area contributed by atoms with E-state index in [9.17, 15) is 14.7 Å². The molecule has 1 atom stereocenters. The molecule has 1 aromatic heterocycles. The second-order valence-electron chi connectivity index (χ2n) is 9.22. The number of Topliss-reactive ketones (excluding diaryl/α,β-unsaturated/α-hetero) is 1. The molecule has 3 aromatic rings. The van der Waals surface area contributed by atoms with E-state index in [0.29, 0.717) is 29.2 Å². The summed E-state index contributed by atoms with van der Waals surface area (Å²) in [5.41, 5.74) is 2.71. The van der Waals surface area contributed by atoms with Crippen LogP contribution in [-0.4, -0.2) is 66.5 Å². The van der Waals surface area contributed by atoms with Gasteiger partial charge >= 0.3 is 0 Å². The summed E-state index contributed by atoms with van der Waals surface area (Å²) in [4.78, 5) is 37.0. The number of hydrogen-bond acceptors (Lipinski definition) is 7. The van der Waals surface area contributed by atoms with Crippen molar-refractivity contribution in [2.45, 2.75) is 13.0 Å². The van der Waals surface area contributed by atoms with Crippen LogP contribution in [0.25, 0.3) is 5.76 Å². The Morgan fingerprint density at radius 2 is 1.73 bits per heavy atom. The first-order valence-corrected chi connectivity index (χ1v) is 12.5. The second-order valence-corrected chi connectivity index (χ2v) is 9.22. The zero-order chi connectivity index (χ0) is 25.9. The number of ether oxygens (including phenoxy) is 1. The summed E-state index contributed by atoms with van der Waals surface area (Å²) in [7, 11) is 2.11. The van der Waals surface area contributed by atoms with Crippen molar-refractivity contribution in [3.05, 3.63) is 89.8 Å². The topological polar surface area (TPSA) is 86.2 Å². The lowest BCUT2D eigenvalue weighted by atomic mass is 9.96. The maximum absolute atomic E-state index is 13.4. The van der Waals surface area contributed by atoms with Crippen molar-refractivity contribution < 1.29 is 19.4 Å². The van der Waals surface area contributed by atoms with Crippen LogP contribution in [0.15, 0.2) is 78.6 Å². The lowest BCUT2D eigenvalue weighted by Gasteiger charge is -2.34. The fourth-order valence-corrected chi connectivity index (χ4v) is 4.90. The summed E-state index contributed by atoms with van der Waals surface area (Å²) < 4.78 is 5.56. The van der Waals surface area contributed by atoms with Gasteiger partial charge in [0.1, 0.15) is 11.5 Å². The number of benzene rings is 2. The number of piperazine rings is 1. The first-order valence-electron chi connectivity index (χ1n) is 12.5. The van der Waals surface area contributed by atoms with Gasteiger partial charge in [0.15, 0.2) is 0 Å². The summed E-state index contributed by atoms with van der Waals surface area (Å²) in [5, 5.41) is 11.3. The van der Waals surface area contributed by atoms with Crippen LogP contribution in [0.2, 0.25) is 0 Å². The lowest BCUT2D eigenvalue weighted by molar-refractivity contribution is -0.132. The molecule has 0 spiro atoms. The van der Waals surface area contributed by atoms with Crippen LogP contribution < -0.4 is 14.5 Å². The molecule has 2 aliphatic rings. The van der Waals surface area contributed by atoms with Gasteiger partial charge in [0.25, 0.3) is 11.7 Å². The van der Waals surface area contributed by atoms with Crippen molar-refractivity contribution in [2.75, 3.05) is 49.6 Å². The van der Waals surface area contributed by atoms with Gasteiger partial charge in [-0.15, -0.1) is 0 Å². The maximum atomic E-state index is 13.4. The number of pyridine rings is 1. The third-order valence-corrected chi connectivity index (χ3v) is 6.86. The van der Waals surface area contributed by atoms with Crippen molar-refractivity contribution in [3.63, 3.8) is 0 Å². The number of carbonyl (C=O) groups excluding carboxylic acids is 2. The number of likely N-dealkylation sites (N-methyl/N-ethyl adjacent to an activating group) is 1. The average molecular weight is 499 g/mol. The maximum Gasteiger partial charge on any atom is 0.300 e. The molecule has 0 aliphatic carbocycles. The van der Waals surface area contributed by atoms with E-state index in [0.717, 1.165) is 31.9 Å². The van der Waals surface area contributed by atoms with Crippen LogP contribution in [0.5, 0.6) is 5.75 Å². The van der Waals surface area contributed by atoms with Crippen molar-refractivity contribution in [1.29, 1.82) is 0 Å². The van der Waals surface area contributed by atoms with E-state index < -0.39 is 17.7 Å². The van der Waals surface area contributed by atoms with Gasteiger partial charge in [-0.3, -0.25) is 19.5 Å². The van der Waals surface area contributed by atoms with Gasteiger partial charge in [-0.1, -0.05) is 18.2 Å². The standard InChI is InChI=1S/C29H30N4O4/c1-3-37-24-8-4-6-20(18-24)27(34)25-26(21-7-5-13-30-19-21)33(29(36)28(25)35)23-11-9-22(10-12-23)32-16-14-31(2)15-17-32/h4-13,18-19,26,34H,3,14-17H2,1-2H3/b27-25+. The predicted octanol–water partition coefficient (Wildman–Crippen LogP) is 3.86. The first-order chi connectivity index (χ1) is 18.0. The molecule has 8 nitrogen and oxygen atoms in total. The van der Waals surface area contributed by atoms with Crippen molar-refractivity contribution in [1.82, 2.24) is 9.88 Å². The van der Waals surface area contributed by atoms with Crippen LogP contribution >= 0.6 is 0 Å². The van der Waals surface area contributed by atoms with Crippen LogP contribution in [0.1, 0.15) is 24.1 Å². The highest BCUT2D eigenvalue weighted by Gasteiger charge is 2.47. The van der Waals surface area contributed by atoms with Gasteiger partial charge < -0.3 is 19.6 Å². The number of ketones is 1. The molecule has 2 saturated heterocycles. The van der Waals surface area contributed by atoms with Gasteiger partial charge in [0, 0.05) is 55.5 Å². The molecular formula is C29H30N4O4. The zero-order valence-electron chi connectivity index (χ0n) is 21.0. The summed E-state index contributed by atoms with van der Waals surface area (Å²) >= 11 is 0. The summed E-state index contributed by atoms with van der Waals surface area (Å²) in [6, 6.07) is 17.3. The van der Waals surface area contributed by atoms with E-state index in [2.05, 4.69) is 21.8 Å². The summed E-state index contributed by atoms with van der Waals surface area (Å²) in [5.74, 6) is -1.11. The van der Waals surface area contributed by atoms with Crippen LogP contribution in [0.3, 0.4) is 0 Å². The summed E-state index contributed by atoms with van der Waals surface area (Å²) in [6.07, 6.45) is 3.25. The fourth-order valence-electron chi connectivity index (χ4n) is 4.90. The van der Waals surface area contributed by atoms with Crippen LogP contribution in [-0.2, 0) is 9.59 Å². The molecule has 1 amide bonds. The Morgan fingerprint density at radius 3 is 2.41 bits per heavy atom. The average Bonchev–Trinajstić information content (AvgIpc) is 3.20. The SMILES string of the molecule is CCOc1cccc(/C(O)=C2\C(=O)C(=O)N(c3ccc(N4CCN(C)CC4)cc3)C2c2cccnc2)c1. The highest BCUT2D eigenvalue weighted by atomic mass is 16.5. The first kappa shape index (κ1) is 24.5. The van der Waals surface area contributed by atoms with Crippen molar-refractivity contribution >= 4 is 28.8 Å². The molecule has 0 saturated carbocycles. The van der Waals surface area contributed by atoms with E-state index >= 15 is 0 Å². The summed E-state index contributed by atoms with van der Waals surface area (Å²) in [6.45, 7) is 6.17. The Labute approximate surface area is 216 Å². The molecule has 0 radical (unpaired) electrons. The Balaban J connectivity index is 1.56. The molecule has 190 valence electrons. The second kappa shape index (κ2) is 10.4. The molecule has 1 unspecified atom stereocenters. The lowest BCUT2D eigenvalue weighted by Crippen LogP contribution is -2.44. The minimum Gasteiger partial charge on any atom is -0.507 e. The van der Waals surface area contributed by atoms with E-state index in [1.807, 2.05) is 31.2 Å². The number of aliphatic hydroxyl groups is 1. The third kappa shape index (κ3) is 4.80. The van der Waals surface area contributed by atoms with Crippen molar-refractivity contribution in [3.8, 4) is 5.75 Å². The van der Waals surface area contributed by atoms with Crippen LogP contribution in [0.4, 0.5) is 11.4 Å². The van der Waals surface area contributed by atoms with Gasteiger partial charge in [-0.2, -0.15) is 0 Å². The number of nitrogens with zero attached hydrogens (tertiary/aromatic N) is 4. The number of amides is 1. The number of aliphatic hydroxyl groups excluding tert-OH is 1. The Morgan fingerprint density at radius 1 is 1.00 bits per heavy atom.